The van der Waals surface area contributed by atoms with Crippen LogP contribution in [0, 0.1) is 10.1 Å². The number of methoxy groups -OCH3 is 2. The number of benzene rings is 2. The van der Waals surface area contributed by atoms with Gasteiger partial charge in [-0.3, -0.25) is 15.0 Å². The molecule has 4 rings (SSSR count). The molecule has 2 N–H and O–H groups in total. The first-order chi connectivity index (χ1) is 22.1. The normalized spacial score (nSPS) is 18.1. The van der Waals surface area contributed by atoms with Crippen LogP contribution in [0.2, 0.25) is 0 Å². The molecule has 2 atom stereocenters. The largest absolute Gasteiger partial charge is 0.493 e. The van der Waals surface area contributed by atoms with Crippen LogP contribution in [-0.4, -0.2) is 105 Å². The number of aliphatic hydroxyl groups is 1. The lowest BCUT2D eigenvalue weighted by Gasteiger charge is -2.35. The third kappa shape index (κ3) is 8.62. The third-order valence-corrected chi connectivity index (χ3v) is 8.09. The Balaban J connectivity index is 1.27. The summed E-state index contributed by atoms with van der Waals surface area (Å²) in [6.07, 6.45) is -0.0479. The van der Waals surface area contributed by atoms with E-state index in [1.54, 1.807) is 33.1 Å². The molecule has 1 saturated heterocycles. The van der Waals surface area contributed by atoms with Crippen LogP contribution >= 0.6 is 0 Å². The van der Waals surface area contributed by atoms with Crippen LogP contribution in [0.3, 0.4) is 0 Å². The summed E-state index contributed by atoms with van der Waals surface area (Å²) in [5, 5.41) is 25.1. The Hall–Kier alpha value is -4.46. The molecule has 2 aromatic rings. The number of ether oxygens (including phenoxy) is 4. The molecule has 2 aromatic carbocycles. The number of nitrogens with zero attached hydrogens (tertiary/aromatic N) is 3. The molecule has 248 valence electrons. The van der Waals surface area contributed by atoms with Crippen LogP contribution in [0.4, 0.5) is 5.69 Å². The number of nitro groups is 1. The van der Waals surface area contributed by atoms with Gasteiger partial charge in [0.25, 0.3) is 5.69 Å². The second kappa shape index (κ2) is 16.2. The predicted octanol–water partition coefficient (Wildman–Crippen LogP) is 3.00. The minimum Gasteiger partial charge on any atom is -0.493 e. The van der Waals surface area contributed by atoms with E-state index in [-0.39, 0.29) is 30.0 Å². The van der Waals surface area contributed by atoms with E-state index in [2.05, 4.69) is 15.1 Å². The van der Waals surface area contributed by atoms with Gasteiger partial charge in [0.1, 0.15) is 12.7 Å². The Morgan fingerprint density at radius 2 is 1.63 bits per heavy atom. The standard InChI is InChI=1S/C33H42N4O9/c1-22-29(32(39)44-4)31(24-9-7-10-25(19-24)37(41)42)30(23(2)34-22)33(40)45-18-8-13-35-14-16-36(17-15-35)20-26(38)21-46-28-12-6-5-11-27(28)43-3/h5-7,9-12,19,26,31,34,38H,8,13-18,20-21H2,1-4H3. The molecule has 2 heterocycles. The van der Waals surface area contributed by atoms with Gasteiger partial charge in [-0.1, -0.05) is 24.3 Å². The lowest BCUT2D eigenvalue weighted by Crippen LogP contribution is -2.49. The van der Waals surface area contributed by atoms with E-state index < -0.39 is 28.9 Å². The predicted molar refractivity (Wildman–Crippen MR) is 169 cm³/mol. The second-order valence-corrected chi connectivity index (χ2v) is 11.2. The fourth-order valence-corrected chi connectivity index (χ4v) is 5.80. The Labute approximate surface area is 268 Å². The van der Waals surface area contributed by atoms with Gasteiger partial charge in [-0.05, 0) is 38.0 Å². The van der Waals surface area contributed by atoms with Gasteiger partial charge in [0.05, 0.1) is 42.8 Å². The van der Waals surface area contributed by atoms with Gasteiger partial charge in [0.2, 0.25) is 0 Å². The van der Waals surface area contributed by atoms with Gasteiger partial charge in [0.15, 0.2) is 11.5 Å². The number of nitrogens with one attached hydrogen (secondary N) is 1. The van der Waals surface area contributed by atoms with Crippen LogP contribution in [0.15, 0.2) is 71.1 Å². The Morgan fingerprint density at radius 3 is 2.28 bits per heavy atom. The van der Waals surface area contributed by atoms with E-state index in [9.17, 15) is 24.8 Å². The lowest BCUT2D eigenvalue weighted by molar-refractivity contribution is -0.384. The molecule has 46 heavy (non-hydrogen) atoms. The smallest absolute Gasteiger partial charge is 0.336 e. The minimum atomic E-state index is -0.898. The van der Waals surface area contributed by atoms with E-state index in [4.69, 9.17) is 18.9 Å². The maximum Gasteiger partial charge on any atom is 0.336 e. The number of hydrogen-bond donors (Lipinski definition) is 2. The number of piperazine rings is 1. The Morgan fingerprint density at radius 1 is 0.978 bits per heavy atom. The average molecular weight is 639 g/mol. The van der Waals surface area contributed by atoms with Crippen molar-refractivity contribution in [1.82, 2.24) is 15.1 Å². The van der Waals surface area contributed by atoms with Crippen molar-refractivity contribution in [3.63, 3.8) is 0 Å². The summed E-state index contributed by atoms with van der Waals surface area (Å²) in [6, 6.07) is 13.2. The molecule has 13 heteroatoms. The second-order valence-electron chi connectivity index (χ2n) is 11.2. The number of nitro benzene ring substituents is 1. The molecule has 2 unspecified atom stereocenters. The molecule has 2 aliphatic heterocycles. The van der Waals surface area contributed by atoms with Gasteiger partial charge >= 0.3 is 11.9 Å². The first-order valence-corrected chi connectivity index (χ1v) is 15.2. The maximum atomic E-state index is 13.5. The zero-order valence-corrected chi connectivity index (χ0v) is 26.7. The van der Waals surface area contributed by atoms with Gasteiger partial charge in [-0.15, -0.1) is 0 Å². The molecule has 0 amide bonds. The molecule has 1 fully saturated rings. The number of esters is 2. The molecule has 2 aliphatic rings. The van der Waals surface area contributed by atoms with E-state index in [0.29, 0.717) is 41.4 Å². The molecule has 0 aliphatic carbocycles. The summed E-state index contributed by atoms with van der Waals surface area (Å²) < 4.78 is 21.7. The number of carbonyl (C=O) groups excluding carboxylic acids is 2. The first kappa shape index (κ1) is 34.4. The molecule has 0 radical (unpaired) electrons. The first-order valence-electron chi connectivity index (χ1n) is 15.2. The highest BCUT2D eigenvalue weighted by molar-refractivity contribution is 5.99. The van der Waals surface area contributed by atoms with Gasteiger partial charge in [-0.25, -0.2) is 9.59 Å². The highest BCUT2D eigenvalue weighted by Gasteiger charge is 2.38. The van der Waals surface area contributed by atoms with Crippen molar-refractivity contribution in [3.8, 4) is 11.5 Å². The van der Waals surface area contributed by atoms with E-state index in [1.807, 2.05) is 18.2 Å². The molecular formula is C33H42N4O9. The zero-order valence-electron chi connectivity index (χ0n) is 26.7. The number of non-ortho nitro benzene ring substituents is 1. The summed E-state index contributed by atoms with van der Waals surface area (Å²) >= 11 is 0. The number of para-hydroxylation sites is 2. The SMILES string of the molecule is COC(=O)C1=C(C)NC(C)=C(C(=O)OCCCN2CCN(CC(O)COc3ccccc3OC)CC2)C1c1cccc([N+](=O)[O-])c1. The number of rotatable bonds is 14. The summed E-state index contributed by atoms with van der Waals surface area (Å²) in [5.41, 5.74) is 1.64. The van der Waals surface area contributed by atoms with Crippen LogP contribution in [0.25, 0.3) is 0 Å². The molecule has 0 aromatic heterocycles. The quantitative estimate of drug-likeness (QED) is 0.135. The maximum absolute atomic E-state index is 13.5. The monoisotopic (exact) mass is 638 g/mol. The van der Waals surface area contributed by atoms with Crippen molar-refractivity contribution in [1.29, 1.82) is 0 Å². The summed E-state index contributed by atoms with van der Waals surface area (Å²) in [5.74, 6) is -0.934. The molecule has 0 spiro atoms. The lowest BCUT2D eigenvalue weighted by atomic mass is 9.80. The summed E-state index contributed by atoms with van der Waals surface area (Å²) in [6.45, 7) is 8.13. The van der Waals surface area contributed by atoms with Crippen molar-refractivity contribution in [3.05, 3.63) is 86.7 Å². The number of carbonyl (C=O) groups is 2. The number of dihydropyridines is 1. The van der Waals surface area contributed by atoms with Gasteiger partial charge < -0.3 is 34.3 Å². The van der Waals surface area contributed by atoms with Crippen molar-refractivity contribution in [2.45, 2.75) is 32.3 Å². The fourth-order valence-electron chi connectivity index (χ4n) is 5.80. The van der Waals surface area contributed by atoms with E-state index >= 15 is 0 Å². The molecular weight excluding hydrogens is 596 g/mol. The highest BCUT2D eigenvalue weighted by atomic mass is 16.6. The van der Waals surface area contributed by atoms with E-state index in [0.717, 1.165) is 32.7 Å². The van der Waals surface area contributed by atoms with Crippen molar-refractivity contribution in [2.24, 2.45) is 0 Å². The summed E-state index contributed by atoms with van der Waals surface area (Å²) in [4.78, 5) is 41.7. The third-order valence-electron chi connectivity index (χ3n) is 8.09. The minimum absolute atomic E-state index is 0.154. The molecule has 0 saturated carbocycles. The Bertz CT molecular complexity index is 1470. The highest BCUT2D eigenvalue weighted by Crippen LogP contribution is 2.40. The van der Waals surface area contributed by atoms with Crippen molar-refractivity contribution >= 4 is 17.6 Å². The summed E-state index contributed by atoms with van der Waals surface area (Å²) in [7, 11) is 2.82. The van der Waals surface area contributed by atoms with Crippen molar-refractivity contribution in [2.75, 3.05) is 66.7 Å². The topological polar surface area (TPSA) is 153 Å². The number of β-amino-alcohol motifs (C(OH)–C–C–N with tert-alkyl or cyclic N) is 1. The van der Waals surface area contributed by atoms with Gasteiger partial charge in [-0.2, -0.15) is 0 Å². The van der Waals surface area contributed by atoms with Crippen molar-refractivity contribution < 1.29 is 38.6 Å². The Kier molecular flexibility index (Phi) is 12.1. The van der Waals surface area contributed by atoms with Crippen LogP contribution in [-0.2, 0) is 19.1 Å². The number of aliphatic hydroxyl groups excluding tert-OH is 1. The average Bonchev–Trinajstić information content (AvgIpc) is 3.05. The zero-order chi connectivity index (χ0) is 33.2. The number of hydrogen-bond acceptors (Lipinski definition) is 12. The van der Waals surface area contributed by atoms with Crippen LogP contribution in [0.5, 0.6) is 11.5 Å². The fraction of sp³-hybridized carbons (Fsp3) is 0.455. The van der Waals surface area contributed by atoms with Gasteiger partial charge in [0, 0.05) is 62.8 Å². The van der Waals surface area contributed by atoms with E-state index in [1.165, 1.54) is 25.3 Å². The molecule has 0 bridgehead atoms. The van der Waals surface area contributed by atoms with Crippen LogP contribution in [0.1, 0.15) is 31.7 Å². The van der Waals surface area contributed by atoms with Crippen LogP contribution < -0.4 is 14.8 Å². The number of allylic oxidation sites excluding steroid dienone is 2. The molecule has 13 nitrogen and oxygen atoms in total.